The number of carbonyl (C=O) groups is 2. The summed E-state index contributed by atoms with van der Waals surface area (Å²) in [7, 11) is 0. The number of anilines is 1. The number of alkyl halides is 3. The third-order valence-corrected chi connectivity index (χ3v) is 5.73. The smallest absolute Gasteiger partial charge is 0.416 e. The molecule has 0 aromatic heterocycles. The zero-order valence-corrected chi connectivity index (χ0v) is 17.7. The van der Waals surface area contributed by atoms with Crippen LogP contribution in [0.5, 0.6) is 17.2 Å². The number of amides is 1. The predicted octanol–water partition coefficient (Wildman–Crippen LogP) is 4.77. The second-order valence-electron chi connectivity index (χ2n) is 7.88. The van der Waals surface area contributed by atoms with Gasteiger partial charge in [-0.25, -0.2) is 0 Å². The number of hydrogen-bond donors (Lipinski definition) is 2. The van der Waals surface area contributed by atoms with Crippen molar-refractivity contribution >= 4 is 23.1 Å². The van der Waals surface area contributed by atoms with Gasteiger partial charge in [0.25, 0.3) is 11.7 Å². The second-order valence-corrected chi connectivity index (χ2v) is 7.88. The maximum Gasteiger partial charge on any atom is 0.416 e. The van der Waals surface area contributed by atoms with Gasteiger partial charge in [-0.05, 0) is 54.1 Å². The van der Waals surface area contributed by atoms with Crippen LogP contribution < -0.4 is 14.4 Å². The van der Waals surface area contributed by atoms with Gasteiger partial charge in [-0.2, -0.15) is 13.2 Å². The van der Waals surface area contributed by atoms with Crippen molar-refractivity contribution in [3.63, 3.8) is 0 Å². The number of aromatic hydroxyl groups is 1. The Morgan fingerprint density at radius 3 is 2.43 bits per heavy atom. The van der Waals surface area contributed by atoms with E-state index < -0.39 is 35.2 Å². The van der Waals surface area contributed by atoms with Gasteiger partial charge >= 0.3 is 6.18 Å². The summed E-state index contributed by atoms with van der Waals surface area (Å²) in [5.74, 6) is -2.22. The number of carbonyl (C=O) groups excluding carboxylic acids is 2. The molecule has 1 fully saturated rings. The van der Waals surface area contributed by atoms with Crippen molar-refractivity contribution < 1.29 is 42.4 Å². The fourth-order valence-corrected chi connectivity index (χ4v) is 4.14. The number of ketones is 1. The molecule has 1 unspecified atom stereocenters. The van der Waals surface area contributed by atoms with E-state index in [1.807, 2.05) is 0 Å². The molecule has 0 aliphatic carbocycles. The van der Waals surface area contributed by atoms with Gasteiger partial charge in [-0.1, -0.05) is 18.2 Å². The van der Waals surface area contributed by atoms with Gasteiger partial charge in [0.2, 0.25) is 6.79 Å². The molecule has 2 heterocycles. The number of halogens is 3. The Hall–Kier alpha value is -4.47. The Balaban J connectivity index is 1.71. The summed E-state index contributed by atoms with van der Waals surface area (Å²) in [6, 6.07) is 12.6. The molecule has 7 nitrogen and oxygen atoms in total. The molecule has 2 aliphatic rings. The van der Waals surface area contributed by atoms with Gasteiger partial charge in [0.15, 0.2) is 11.5 Å². The zero-order valence-electron chi connectivity index (χ0n) is 17.7. The molecule has 178 valence electrons. The third kappa shape index (κ3) is 3.82. The molecule has 2 N–H and O–H groups in total. The molecule has 0 radical (unpaired) electrons. The number of benzene rings is 3. The number of aliphatic hydroxyl groups excluding tert-OH is 1. The van der Waals surface area contributed by atoms with Crippen molar-refractivity contribution in [3.8, 4) is 17.2 Å². The Bertz CT molecular complexity index is 1400. The molecule has 0 spiro atoms. The van der Waals surface area contributed by atoms with Gasteiger partial charge in [-0.15, -0.1) is 0 Å². The summed E-state index contributed by atoms with van der Waals surface area (Å²) < 4.78 is 50.6. The first kappa shape index (κ1) is 22.3. The Labute approximate surface area is 196 Å². The third-order valence-electron chi connectivity index (χ3n) is 5.73. The number of aliphatic hydroxyl groups is 1. The molecular weight excluding hydrogens is 467 g/mol. The maximum absolute atomic E-state index is 13.4. The minimum Gasteiger partial charge on any atom is -0.508 e. The summed E-state index contributed by atoms with van der Waals surface area (Å²) in [6.07, 6.45) is -4.68. The lowest BCUT2D eigenvalue weighted by Gasteiger charge is -2.26. The first-order valence-electron chi connectivity index (χ1n) is 10.3. The fraction of sp³-hybridized carbons (Fsp3) is 0.120. The minimum absolute atomic E-state index is 0.0250. The molecule has 0 saturated carbocycles. The van der Waals surface area contributed by atoms with Gasteiger partial charge in [-0.3, -0.25) is 14.5 Å². The van der Waals surface area contributed by atoms with Crippen LogP contribution in [0.2, 0.25) is 0 Å². The summed E-state index contributed by atoms with van der Waals surface area (Å²) >= 11 is 0. The van der Waals surface area contributed by atoms with Gasteiger partial charge in [0, 0.05) is 11.3 Å². The van der Waals surface area contributed by atoms with Gasteiger partial charge < -0.3 is 19.7 Å². The molecule has 3 aromatic rings. The largest absolute Gasteiger partial charge is 0.508 e. The van der Waals surface area contributed by atoms with E-state index in [9.17, 15) is 33.0 Å². The van der Waals surface area contributed by atoms with E-state index in [0.29, 0.717) is 11.5 Å². The number of hydrogen-bond acceptors (Lipinski definition) is 6. The van der Waals surface area contributed by atoms with Crippen LogP contribution in [0.15, 0.2) is 72.3 Å². The van der Waals surface area contributed by atoms with E-state index in [-0.39, 0.29) is 34.9 Å². The Kier molecular flexibility index (Phi) is 5.16. The molecule has 0 bridgehead atoms. The van der Waals surface area contributed by atoms with Crippen molar-refractivity contribution in [1.82, 2.24) is 0 Å². The van der Waals surface area contributed by atoms with E-state index in [1.54, 1.807) is 0 Å². The molecule has 1 saturated heterocycles. The van der Waals surface area contributed by atoms with E-state index in [1.165, 1.54) is 48.5 Å². The molecule has 2 aliphatic heterocycles. The highest BCUT2D eigenvalue weighted by Gasteiger charge is 2.47. The number of ether oxygens (including phenoxy) is 2. The van der Waals surface area contributed by atoms with E-state index in [2.05, 4.69) is 0 Å². The number of fused-ring (bicyclic) bond motifs is 1. The molecule has 1 atom stereocenters. The molecule has 35 heavy (non-hydrogen) atoms. The SMILES string of the molecule is O=C1C(=O)N(c2cccc(C(F)(F)F)c2)C(c2cccc(O)c2)/C1=C(/O)c1ccc2c(c1)OCO2. The van der Waals surface area contributed by atoms with Crippen LogP contribution >= 0.6 is 0 Å². The second kappa shape index (κ2) is 8.08. The van der Waals surface area contributed by atoms with Crippen LogP contribution in [-0.4, -0.2) is 28.7 Å². The highest BCUT2D eigenvalue weighted by Crippen LogP contribution is 2.44. The van der Waals surface area contributed by atoms with Crippen LogP contribution in [0.3, 0.4) is 0 Å². The van der Waals surface area contributed by atoms with Crippen LogP contribution in [0.4, 0.5) is 18.9 Å². The molecular formula is C25H16F3NO6. The van der Waals surface area contributed by atoms with Crippen molar-refractivity contribution in [2.24, 2.45) is 0 Å². The lowest BCUT2D eigenvalue weighted by Crippen LogP contribution is -2.29. The lowest BCUT2D eigenvalue weighted by molar-refractivity contribution is -0.137. The number of phenols is 1. The lowest BCUT2D eigenvalue weighted by atomic mass is 9.94. The quantitative estimate of drug-likeness (QED) is 0.317. The molecule has 3 aromatic carbocycles. The standard InChI is InChI=1S/C25H16F3NO6/c26-25(27,28)15-4-2-5-16(11-15)29-21(13-3-1-6-17(30)9-13)20(23(32)24(29)33)22(31)14-7-8-18-19(10-14)35-12-34-18/h1-11,21,30-31H,12H2/b22-20-. The average molecular weight is 483 g/mol. The monoisotopic (exact) mass is 483 g/mol. The topological polar surface area (TPSA) is 96.3 Å². The summed E-state index contributed by atoms with van der Waals surface area (Å²) in [6.45, 7) is -0.0250. The van der Waals surface area contributed by atoms with Gasteiger partial charge in [0.05, 0.1) is 17.2 Å². The fourth-order valence-electron chi connectivity index (χ4n) is 4.14. The van der Waals surface area contributed by atoms with Crippen LogP contribution in [0, 0.1) is 0 Å². The summed E-state index contributed by atoms with van der Waals surface area (Å²) in [5.41, 5.74) is -1.20. The number of nitrogens with zero attached hydrogens (tertiary/aromatic N) is 1. The first-order chi connectivity index (χ1) is 16.6. The predicted molar refractivity (Wildman–Crippen MR) is 117 cm³/mol. The van der Waals surface area contributed by atoms with Crippen molar-refractivity contribution in [2.45, 2.75) is 12.2 Å². The highest BCUT2D eigenvalue weighted by atomic mass is 19.4. The summed E-state index contributed by atoms with van der Waals surface area (Å²) in [4.78, 5) is 27.1. The van der Waals surface area contributed by atoms with Crippen LogP contribution in [0.25, 0.3) is 5.76 Å². The Morgan fingerprint density at radius 1 is 0.943 bits per heavy atom. The van der Waals surface area contributed by atoms with Crippen molar-refractivity contribution in [1.29, 1.82) is 0 Å². The number of phenolic OH excluding ortho intramolecular Hbond substituents is 1. The molecule has 5 rings (SSSR count). The van der Waals surface area contributed by atoms with Crippen molar-refractivity contribution in [3.05, 3.63) is 89.0 Å². The van der Waals surface area contributed by atoms with Crippen LogP contribution in [-0.2, 0) is 15.8 Å². The molecule has 10 heteroatoms. The average Bonchev–Trinajstić information content (AvgIpc) is 3.40. The zero-order chi connectivity index (χ0) is 24.9. The number of rotatable bonds is 3. The van der Waals surface area contributed by atoms with Crippen LogP contribution in [0.1, 0.15) is 22.7 Å². The number of Topliss-reactive ketones (excluding diaryl/α,β-unsaturated/α-hetero) is 1. The highest BCUT2D eigenvalue weighted by molar-refractivity contribution is 6.51. The van der Waals surface area contributed by atoms with E-state index in [4.69, 9.17) is 9.47 Å². The minimum atomic E-state index is -4.68. The van der Waals surface area contributed by atoms with E-state index in [0.717, 1.165) is 23.1 Å². The van der Waals surface area contributed by atoms with Crippen molar-refractivity contribution in [2.75, 3.05) is 11.7 Å². The summed E-state index contributed by atoms with van der Waals surface area (Å²) in [5, 5.41) is 21.1. The van der Waals surface area contributed by atoms with E-state index >= 15 is 0 Å². The molecule has 1 amide bonds. The van der Waals surface area contributed by atoms with Gasteiger partial charge in [0.1, 0.15) is 11.5 Å². The normalized spacial score (nSPS) is 18.8. The Morgan fingerprint density at radius 2 is 1.69 bits per heavy atom. The first-order valence-corrected chi connectivity index (χ1v) is 10.3. The maximum atomic E-state index is 13.4.